The fourth-order valence-corrected chi connectivity index (χ4v) is 2.85. The van der Waals surface area contributed by atoms with Crippen molar-refractivity contribution in [1.82, 2.24) is 15.0 Å². The van der Waals surface area contributed by atoms with Gasteiger partial charge in [-0.05, 0) is 36.8 Å². The Morgan fingerprint density at radius 2 is 1.96 bits per heavy atom. The molecule has 3 rings (SSSR count). The van der Waals surface area contributed by atoms with Gasteiger partial charge in [-0.25, -0.2) is 9.07 Å². The zero-order valence-electron chi connectivity index (χ0n) is 13.1. The molecular weight excluding hydrogens is 378 g/mol. The van der Waals surface area contributed by atoms with Gasteiger partial charge in [0.2, 0.25) is 0 Å². The molecule has 1 aromatic heterocycles. The second-order valence-electron chi connectivity index (χ2n) is 5.59. The van der Waals surface area contributed by atoms with Crippen LogP contribution in [0.15, 0.2) is 24.3 Å². The first-order chi connectivity index (χ1) is 12.1. The van der Waals surface area contributed by atoms with Crippen molar-refractivity contribution in [3.63, 3.8) is 0 Å². The van der Waals surface area contributed by atoms with Crippen LogP contribution in [0.4, 0.5) is 17.6 Å². The summed E-state index contributed by atoms with van der Waals surface area (Å²) < 4.78 is 53.9. The number of hydrogen-bond acceptors (Lipinski definition) is 4. The molecule has 1 N–H and O–H groups in total. The molecule has 0 fully saturated rings. The van der Waals surface area contributed by atoms with Crippen LogP contribution in [0.3, 0.4) is 0 Å². The smallest absolute Gasteiger partial charge is 0.416 e. The van der Waals surface area contributed by atoms with E-state index in [1.54, 1.807) is 0 Å². The molecule has 1 atom stereocenters. The Bertz CT molecular complexity index is 994. The predicted molar refractivity (Wildman–Crippen MR) is 85.4 cm³/mol. The molecule has 0 aliphatic carbocycles. The van der Waals surface area contributed by atoms with Crippen LogP contribution >= 0.6 is 11.6 Å². The molecule has 0 aliphatic rings. The van der Waals surface area contributed by atoms with E-state index in [0.29, 0.717) is 18.4 Å². The number of phenolic OH excluding ortho intramolecular Hbond substituents is 1. The largest absolute Gasteiger partial charge is 0.506 e. The molecule has 0 aliphatic heterocycles. The van der Waals surface area contributed by atoms with Gasteiger partial charge < -0.3 is 9.90 Å². The molecule has 0 saturated heterocycles. The Balaban J connectivity index is 2.24. The van der Waals surface area contributed by atoms with Crippen molar-refractivity contribution in [3.8, 4) is 16.9 Å². The Hall–Kier alpha value is -2.68. The maximum atomic E-state index is 14.3. The zero-order valence-corrected chi connectivity index (χ0v) is 13.8. The van der Waals surface area contributed by atoms with E-state index in [1.807, 2.05) is 0 Å². The number of aromatic nitrogens is 3. The number of fused-ring (bicyclic) bond motifs is 1. The van der Waals surface area contributed by atoms with Gasteiger partial charge >= 0.3 is 6.18 Å². The molecule has 5 nitrogen and oxygen atoms in total. The minimum absolute atomic E-state index is 0.0212. The molecule has 2 aromatic carbocycles. The minimum Gasteiger partial charge on any atom is -0.506 e. The maximum Gasteiger partial charge on any atom is 0.416 e. The van der Waals surface area contributed by atoms with Crippen LogP contribution in [0.1, 0.15) is 18.5 Å². The van der Waals surface area contributed by atoms with Gasteiger partial charge in [0.1, 0.15) is 23.9 Å². The van der Waals surface area contributed by atoms with Crippen molar-refractivity contribution < 1.29 is 27.5 Å². The number of phenols is 1. The SMILES string of the molecule is CC(C=O)n1nnc2c(O)cc(-c3c(F)cc(C(F)(F)F)cc3Cl)cc21. The Kier molecular flexibility index (Phi) is 4.35. The number of rotatable bonds is 3. The molecule has 3 aromatic rings. The van der Waals surface area contributed by atoms with Gasteiger partial charge in [0.05, 0.1) is 16.1 Å². The number of benzene rings is 2. The molecule has 10 heteroatoms. The molecule has 0 saturated carbocycles. The van der Waals surface area contributed by atoms with Gasteiger partial charge in [-0.3, -0.25) is 0 Å². The molecule has 0 spiro atoms. The lowest BCUT2D eigenvalue weighted by Gasteiger charge is -2.12. The lowest BCUT2D eigenvalue weighted by molar-refractivity contribution is -0.137. The van der Waals surface area contributed by atoms with Crippen LogP contribution in [-0.4, -0.2) is 26.4 Å². The molecule has 1 heterocycles. The third kappa shape index (κ3) is 2.98. The number of aldehydes is 1. The molecular formula is C16H10ClF4N3O2. The first-order valence-corrected chi connectivity index (χ1v) is 7.61. The van der Waals surface area contributed by atoms with Crippen molar-refractivity contribution in [1.29, 1.82) is 0 Å². The number of alkyl halides is 3. The third-order valence-electron chi connectivity index (χ3n) is 3.80. The summed E-state index contributed by atoms with van der Waals surface area (Å²) in [6.45, 7) is 1.52. The van der Waals surface area contributed by atoms with E-state index in [4.69, 9.17) is 11.6 Å². The summed E-state index contributed by atoms with van der Waals surface area (Å²) in [5.41, 5.74) is -1.26. The number of nitrogens with zero attached hydrogens (tertiary/aromatic N) is 3. The fourth-order valence-electron chi connectivity index (χ4n) is 2.54. The van der Waals surface area contributed by atoms with Crippen molar-refractivity contribution in [2.75, 3.05) is 0 Å². The lowest BCUT2D eigenvalue weighted by atomic mass is 10.0. The predicted octanol–water partition coefficient (Wildman–Crippen LogP) is 4.38. The quantitative estimate of drug-likeness (QED) is 0.535. The Morgan fingerprint density at radius 3 is 2.54 bits per heavy atom. The first-order valence-electron chi connectivity index (χ1n) is 7.23. The van der Waals surface area contributed by atoms with Crippen molar-refractivity contribution in [2.45, 2.75) is 19.1 Å². The van der Waals surface area contributed by atoms with E-state index in [1.165, 1.54) is 17.7 Å². The van der Waals surface area contributed by atoms with Crippen LogP contribution in [0.2, 0.25) is 5.02 Å². The van der Waals surface area contributed by atoms with E-state index in [9.17, 15) is 27.5 Å². The van der Waals surface area contributed by atoms with E-state index in [-0.39, 0.29) is 27.9 Å². The average molecular weight is 388 g/mol. The monoisotopic (exact) mass is 387 g/mol. The standard InChI is InChI=1S/C16H10ClF4N3O2/c1-7(6-25)24-12-2-8(3-13(26)15(12)22-23-24)14-10(17)4-9(5-11(14)18)16(19,20)21/h2-7,26H,1H3. The summed E-state index contributed by atoms with van der Waals surface area (Å²) in [5, 5.41) is 17.1. The van der Waals surface area contributed by atoms with Crippen LogP contribution in [0.5, 0.6) is 5.75 Å². The van der Waals surface area contributed by atoms with E-state index >= 15 is 0 Å². The van der Waals surface area contributed by atoms with Gasteiger partial charge in [-0.1, -0.05) is 16.8 Å². The second-order valence-corrected chi connectivity index (χ2v) is 5.99. The van der Waals surface area contributed by atoms with Gasteiger partial charge in [0.15, 0.2) is 5.52 Å². The van der Waals surface area contributed by atoms with Gasteiger partial charge in [-0.2, -0.15) is 13.2 Å². The molecule has 136 valence electrons. The second kappa shape index (κ2) is 6.24. The van der Waals surface area contributed by atoms with E-state index < -0.39 is 28.6 Å². The maximum absolute atomic E-state index is 14.3. The van der Waals surface area contributed by atoms with E-state index in [2.05, 4.69) is 10.3 Å². The number of carbonyl (C=O) groups excluding carboxylic acids is 1. The minimum atomic E-state index is -4.75. The molecule has 0 bridgehead atoms. The first kappa shape index (κ1) is 18.1. The Labute approximate surface area is 148 Å². The lowest BCUT2D eigenvalue weighted by Crippen LogP contribution is -2.08. The highest BCUT2D eigenvalue weighted by molar-refractivity contribution is 6.33. The Morgan fingerprint density at radius 1 is 1.27 bits per heavy atom. The fraction of sp³-hybridized carbons (Fsp3) is 0.188. The highest BCUT2D eigenvalue weighted by Gasteiger charge is 2.32. The molecule has 0 radical (unpaired) electrons. The topological polar surface area (TPSA) is 68.0 Å². The number of carbonyl (C=O) groups is 1. The highest BCUT2D eigenvalue weighted by Crippen LogP contribution is 2.40. The van der Waals surface area contributed by atoms with Crippen molar-refractivity contribution >= 4 is 28.9 Å². The molecule has 1 unspecified atom stereocenters. The summed E-state index contributed by atoms with van der Waals surface area (Å²) >= 11 is 5.87. The number of halogens is 5. The van der Waals surface area contributed by atoms with Gasteiger partial charge in [-0.15, -0.1) is 5.10 Å². The normalized spacial score (nSPS) is 13.2. The third-order valence-corrected chi connectivity index (χ3v) is 4.10. The zero-order chi connectivity index (χ0) is 19.2. The van der Waals surface area contributed by atoms with Gasteiger partial charge in [0.25, 0.3) is 0 Å². The van der Waals surface area contributed by atoms with Crippen LogP contribution in [-0.2, 0) is 11.0 Å². The van der Waals surface area contributed by atoms with Gasteiger partial charge in [0, 0.05) is 5.56 Å². The number of aromatic hydroxyl groups is 1. The summed E-state index contributed by atoms with van der Waals surface area (Å²) in [6, 6.07) is 2.66. The van der Waals surface area contributed by atoms with Crippen LogP contribution in [0.25, 0.3) is 22.2 Å². The summed E-state index contributed by atoms with van der Waals surface area (Å²) in [6.07, 6.45) is -4.17. The average Bonchev–Trinajstić information content (AvgIpc) is 2.97. The molecule has 0 amide bonds. The molecule has 26 heavy (non-hydrogen) atoms. The van der Waals surface area contributed by atoms with Crippen LogP contribution in [0, 0.1) is 5.82 Å². The summed E-state index contributed by atoms with van der Waals surface area (Å²) in [4.78, 5) is 11.0. The van der Waals surface area contributed by atoms with Crippen molar-refractivity contribution in [2.24, 2.45) is 0 Å². The van der Waals surface area contributed by atoms with Crippen molar-refractivity contribution in [3.05, 3.63) is 40.7 Å². The van der Waals surface area contributed by atoms with E-state index in [0.717, 1.165) is 6.07 Å². The highest BCUT2D eigenvalue weighted by atomic mass is 35.5. The summed E-state index contributed by atoms with van der Waals surface area (Å²) in [7, 11) is 0. The number of hydrogen-bond donors (Lipinski definition) is 1. The van der Waals surface area contributed by atoms with Crippen LogP contribution < -0.4 is 0 Å². The summed E-state index contributed by atoms with van der Waals surface area (Å²) in [5.74, 6) is -1.58.